The van der Waals surface area contributed by atoms with E-state index >= 15 is 0 Å². The number of hydrogen-bond donors (Lipinski definition) is 0. The Bertz CT molecular complexity index is 738. The molecule has 2 heterocycles. The smallest absolute Gasteiger partial charge is 0.363 e. The average molecular weight is 267 g/mol. The lowest BCUT2D eigenvalue weighted by molar-refractivity contribution is -0.129. The van der Waals surface area contributed by atoms with Crippen LogP contribution in [0.15, 0.2) is 51.5 Å². The van der Waals surface area contributed by atoms with Crippen LogP contribution in [0.1, 0.15) is 22.6 Å². The number of carbonyl (C=O) groups is 1. The van der Waals surface area contributed by atoms with Crippen molar-refractivity contribution < 1.29 is 13.9 Å². The van der Waals surface area contributed by atoms with Crippen LogP contribution in [0.2, 0.25) is 0 Å². The predicted octanol–water partition coefficient (Wildman–Crippen LogP) is 3.24. The highest BCUT2D eigenvalue weighted by Gasteiger charge is 2.25. The van der Waals surface area contributed by atoms with Gasteiger partial charge in [0.25, 0.3) is 0 Å². The van der Waals surface area contributed by atoms with Crippen LogP contribution in [0.4, 0.5) is 0 Å². The van der Waals surface area contributed by atoms with E-state index in [2.05, 4.69) is 4.99 Å². The fourth-order valence-electron chi connectivity index (χ4n) is 2.00. The Morgan fingerprint density at radius 3 is 2.60 bits per heavy atom. The fourth-order valence-corrected chi connectivity index (χ4v) is 2.00. The summed E-state index contributed by atoms with van der Waals surface area (Å²) < 4.78 is 10.6. The molecule has 0 spiro atoms. The van der Waals surface area contributed by atoms with Crippen molar-refractivity contribution in [3.8, 4) is 0 Å². The quantitative estimate of drug-likeness (QED) is 0.620. The Balaban J connectivity index is 1.97. The van der Waals surface area contributed by atoms with Crippen LogP contribution >= 0.6 is 0 Å². The number of hydrogen-bond acceptors (Lipinski definition) is 4. The highest BCUT2D eigenvalue weighted by molar-refractivity contribution is 6.13. The minimum atomic E-state index is -0.461. The van der Waals surface area contributed by atoms with Crippen LogP contribution in [0, 0.1) is 13.8 Å². The summed E-state index contributed by atoms with van der Waals surface area (Å²) in [7, 11) is 0. The van der Waals surface area contributed by atoms with Gasteiger partial charge in [-0.15, -0.1) is 0 Å². The van der Waals surface area contributed by atoms with Gasteiger partial charge < -0.3 is 9.15 Å². The van der Waals surface area contributed by atoms with Crippen molar-refractivity contribution in [3.63, 3.8) is 0 Å². The minimum absolute atomic E-state index is 0.248. The lowest BCUT2D eigenvalue weighted by Crippen LogP contribution is -2.06. The van der Waals surface area contributed by atoms with Gasteiger partial charge in [-0.3, -0.25) is 0 Å². The van der Waals surface area contributed by atoms with Gasteiger partial charge in [-0.05, 0) is 37.6 Å². The second kappa shape index (κ2) is 4.81. The molecule has 3 rings (SSSR count). The summed E-state index contributed by atoms with van der Waals surface area (Å²) >= 11 is 0. The summed E-state index contributed by atoms with van der Waals surface area (Å²) in [6.45, 7) is 3.79. The van der Waals surface area contributed by atoms with Gasteiger partial charge in [-0.1, -0.05) is 18.2 Å². The molecule has 1 aliphatic rings. The summed E-state index contributed by atoms with van der Waals surface area (Å²) in [6.07, 6.45) is 1.58. The van der Waals surface area contributed by atoms with Gasteiger partial charge in [0.15, 0.2) is 5.70 Å². The molecule has 0 radical (unpaired) electrons. The molecule has 0 saturated carbocycles. The maximum Gasteiger partial charge on any atom is 0.363 e. The molecule has 1 aliphatic heterocycles. The number of ether oxygens (including phenoxy) is 1. The van der Waals surface area contributed by atoms with Crippen LogP contribution < -0.4 is 0 Å². The molecule has 0 unspecified atom stereocenters. The Morgan fingerprint density at radius 1 is 1.10 bits per heavy atom. The SMILES string of the molecule is Cc1ccc(/C=C2/N=C(c3ccccc3C)OC2=O)o1. The predicted molar refractivity (Wildman–Crippen MR) is 75.2 cm³/mol. The van der Waals surface area contributed by atoms with Gasteiger partial charge in [0, 0.05) is 11.6 Å². The molecule has 1 aromatic heterocycles. The molecule has 0 bridgehead atoms. The van der Waals surface area contributed by atoms with Crippen molar-refractivity contribution in [1.29, 1.82) is 0 Å². The van der Waals surface area contributed by atoms with Crippen LogP contribution in [0.3, 0.4) is 0 Å². The van der Waals surface area contributed by atoms with E-state index in [-0.39, 0.29) is 5.70 Å². The molecule has 4 nitrogen and oxygen atoms in total. The number of esters is 1. The van der Waals surface area contributed by atoms with E-state index in [0.29, 0.717) is 11.7 Å². The third kappa shape index (κ3) is 2.28. The first kappa shape index (κ1) is 12.4. The Morgan fingerprint density at radius 2 is 1.90 bits per heavy atom. The zero-order valence-corrected chi connectivity index (χ0v) is 11.2. The second-order valence-electron chi connectivity index (χ2n) is 4.60. The summed E-state index contributed by atoms with van der Waals surface area (Å²) in [4.78, 5) is 16.1. The molecule has 0 amide bonds. The van der Waals surface area contributed by atoms with Gasteiger partial charge in [0.05, 0.1) is 0 Å². The topological polar surface area (TPSA) is 51.8 Å². The zero-order valence-electron chi connectivity index (χ0n) is 11.2. The van der Waals surface area contributed by atoms with E-state index in [1.165, 1.54) is 0 Å². The first-order chi connectivity index (χ1) is 9.63. The third-order valence-corrected chi connectivity index (χ3v) is 3.04. The Labute approximate surface area is 116 Å². The number of nitrogens with zero attached hydrogens (tertiary/aromatic N) is 1. The lowest BCUT2D eigenvalue weighted by atomic mass is 10.1. The van der Waals surface area contributed by atoms with Gasteiger partial charge in [0.1, 0.15) is 11.5 Å². The number of carbonyl (C=O) groups excluding carboxylic acids is 1. The fraction of sp³-hybridized carbons (Fsp3) is 0.125. The number of cyclic esters (lactones) is 1. The monoisotopic (exact) mass is 267 g/mol. The van der Waals surface area contributed by atoms with E-state index in [1.54, 1.807) is 12.1 Å². The van der Waals surface area contributed by atoms with E-state index < -0.39 is 5.97 Å². The average Bonchev–Trinajstić information content (AvgIpc) is 2.98. The molecule has 2 aromatic rings. The van der Waals surface area contributed by atoms with Crippen molar-refractivity contribution in [2.24, 2.45) is 4.99 Å². The molecule has 0 aliphatic carbocycles. The largest absolute Gasteiger partial charge is 0.462 e. The molecule has 100 valence electrons. The molecular formula is C16H13NO3. The van der Waals surface area contributed by atoms with Crippen molar-refractivity contribution in [3.05, 3.63) is 64.7 Å². The van der Waals surface area contributed by atoms with Crippen LogP contribution in [0.5, 0.6) is 0 Å². The maximum absolute atomic E-state index is 11.8. The van der Waals surface area contributed by atoms with Gasteiger partial charge >= 0.3 is 5.97 Å². The highest BCUT2D eigenvalue weighted by atomic mass is 16.6. The van der Waals surface area contributed by atoms with Gasteiger partial charge in [-0.2, -0.15) is 0 Å². The molecule has 0 atom stereocenters. The highest BCUT2D eigenvalue weighted by Crippen LogP contribution is 2.21. The molecule has 20 heavy (non-hydrogen) atoms. The molecular weight excluding hydrogens is 254 g/mol. The van der Waals surface area contributed by atoms with Crippen molar-refractivity contribution in [2.75, 3.05) is 0 Å². The first-order valence-electron chi connectivity index (χ1n) is 6.28. The normalized spacial score (nSPS) is 16.4. The summed E-state index contributed by atoms with van der Waals surface area (Å²) in [6, 6.07) is 11.3. The van der Waals surface area contributed by atoms with E-state index in [1.807, 2.05) is 44.2 Å². The summed E-state index contributed by atoms with van der Waals surface area (Å²) in [5.41, 5.74) is 2.08. The third-order valence-electron chi connectivity index (χ3n) is 3.04. The van der Waals surface area contributed by atoms with Gasteiger partial charge in [0.2, 0.25) is 5.90 Å². The van der Waals surface area contributed by atoms with Gasteiger partial charge in [-0.25, -0.2) is 9.79 Å². The molecule has 1 aromatic carbocycles. The van der Waals surface area contributed by atoms with Crippen LogP contribution in [-0.4, -0.2) is 11.9 Å². The van der Waals surface area contributed by atoms with Crippen molar-refractivity contribution >= 4 is 17.9 Å². The molecule has 0 fully saturated rings. The minimum Gasteiger partial charge on any atom is -0.462 e. The Kier molecular flexibility index (Phi) is 2.99. The number of aliphatic imine (C=N–C) groups is 1. The molecule has 4 heteroatoms. The molecule has 0 N–H and O–H groups in total. The zero-order chi connectivity index (χ0) is 14.1. The van der Waals surface area contributed by atoms with Crippen LogP contribution in [0.25, 0.3) is 6.08 Å². The van der Waals surface area contributed by atoms with E-state index in [4.69, 9.17) is 9.15 Å². The first-order valence-corrected chi connectivity index (χ1v) is 6.28. The number of rotatable bonds is 2. The number of benzene rings is 1. The van der Waals surface area contributed by atoms with E-state index in [0.717, 1.165) is 16.9 Å². The van der Waals surface area contributed by atoms with Crippen molar-refractivity contribution in [1.82, 2.24) is 0 Å². The summed E-state index contributed by atoms with van der Waals surface area (Å²) in [5, 5.41) is 0. The molecule has 0 saturated heterocycles. The number of furan rings is 1. The van der Waals surface area contributed by atoms with E-state index in [9.17, 15) is 4.79 Å². The standard InChI is InChI=1S/C16H13NO3/c1-10-5-3-4-6-13(10)15-17-14(16(18)20-15)9-12-8-7-11(2)19-12/h3-9H,1-2H3/b14-9+. The second-order valence-corrected chi connectivity index (χ2v) is 4.60. The summed E-state index contributed by atoms with van der Waals surface area (Å²) in [5.74, 6) is 1.25. The van der Waals surface area contributed by atoms with Crippen molar-refractivity contribution in [2.45, 2.75) is 13.8 Å². The Hall–Kier alpha value is -2.62. The maximum atomic E-state index is 11.8. The van der Waals surface area contributed by atoms with Crippen LogP contribution in [-0.2, 0) is 9.53 Å². The number of aryl methyl sites for hydroxylation is 2. The lowest BCUT2D eigenvalue weighted by Gasteiger charge is -2.02.